The Morgan fingerprint density at radius 3 is 2.77 bits per heavy atom. The molecule has 0 bridgehead atoms. The van der Waals surface area contributed by atoms with E-state index in [9.17, 15) is 4.79 Å². The van der Waals surface area contributed by atoms with Gasteiger partial charge in [-0.25, -0.2) is 0 Å². The summed E-state index contributed by atoms with van der Waals surface area (Å²) in [5.41, 5.74) is 0. The Hall–Kier alpha value is -1.25. The number of Topliss-reactive ketones (excluding diaryl/α,β-unsaturated/α-hetero) is 1. The van der Waals surface area contributed by atoms with Gasteiger partial charge in [-0.05, 0) is 31.9 Å². The van der Waals surface area contributed by atoms with Crippen LogP contribution in [-0.4, -0.2) is 18.5 Å². The fourth-order valence-electron chi connectivity index (χ4n) is 1.39. The van der Waals surface area contributed by atoms with Gasteiger partial charge in [-0.3, -0.25) is 4.79 Å². The number of fused-ring (bicyclic) bond motifs is 1. The topological polar surface area (TPSA) is 35.5 Å². The molecule has 2 aliphatic rings. The maximum atomic E-state index is 11.3. The SMILES string of the molecule is CC1OC2=CCCC=C2OCC1=O. The van der Waals surface area contributed by atoms with Gasteiger partial charge in [0.2, 0.25) is 5.78 Å². The lowest BCUT2D eigenvalue weighted by Gasteiger charge is -2.14. The molecular weight excluding hydrogens is 168 g/mol. The van der Waals surface area contributed by atoms with Crippen LogP contribution < -0.4 is 0 Å². The van der Waals surface area contributed by atoms with Gasteiger partial charge in [0.15, 0.2) is 24.2 Å². The molecule has 0 spiro atoms. The van der Waals surface area contributed by atoms with Crippen LogP contribution in [0.25, 0.3) is 0 Å². The maximum Gasteiger partial charge on any atom is 0.210 e. The first kappa shape index (κ1) is 8.35. The third kappa shape index (κ3) is 1.59. The highest BCUT2D eigenvalue weighted by Gasteiger charge is 2.24. The first-order valence-corrected chi connectivity index (χ1v) is 4.50. The van der Waals surface area contributed by atoms with Gasteiger partial charge in [0, 0.05) is 0 Å². The highest BCUT2D eigenvalue weighted by Crippen LogP contribution is 2.24. The molecule has 0 saturated carbocycles. The van der Waals surface area contributed by atoms with E-state index in [0.717, 1.165) is 24.4 Å². The minimum Gasteiger partial charge on any atom is -0.482 e. The third-order valence-electron chi connectivity index (χ3n) is 2.20. The minimum atomic E-state index is -0.379. The summed E-state index contributed by atoms with van der Waals surface area (Å²) in [6, 6.07) is 0. The van der Waals surface area contributed by atoms with Crippen LogP contribution in [0.2, 0.25) is 0 Å². The lowest BCUT2D eigenvalue weighted by atomic mass is 10.1. The van der Waals surface area contributed by atoms with E-state index in [-0.39, 0.29) is 18.5 Å². The fraction of sp³-hybridized carbons (Fsp3) is 0.500. The molecule has 70 valence electrons. The molecule has 3 nitrogen and oxygen atoms in total. The van der Waals surface area contributed by atoms with E-state index in [0.29, 0.717) is 0 Å². The van der Waals surface area contributed by atoms with E-state index in [4.69, 9.17) is 9.47 Å². The minimum absolute atomic E-state index is 0.00352. The molecule has 1 aliphatic carbocycles. The van der Waals surface area contributed by atoms with E-state index < -0.39 is 0 Å². The molecule has 3 heteroatoms. The van der Waals surface area contributed by atoms with Crippen molar-refractivity contribution < 1.29 is 14.3 Å². The molecule has 0 aromatic heterocycles. The zero-order valence-corrected chi connectivity index (χ0v) is 7.58. The van der Waals surface area contributed by atoms with Crippen LogP contribution in [0.1, 0.15) is 19.8 Å². The zero-order chi connectivity index (χ0) is 9.26. The van der Waals surface area contributed by atoms with Crippen LogP contribution in [0, 0.1) is 0 Å². The number of carbonyl (C=O) groups excluding carboxylic acids is 1. The van der Waals surface area contributed by atoms with E-state index in [1.165, 1.54) is 0 Å². The third-order valence-corrected chi connectivity index (χ3v) is 2.20. The Morgan fingerprint density at radius 1 is 1.31 bits per heavy atom. The van der Waals surface area contributed by atoms with Crippen LogP contribution in [-0.2, 0) is 14.3 Å². The highest BCUT2D eigenvalue weighted by atomic mass is 16.6. The second-order valence-electron chi connectivity index (χ2n) is 3.23. The van der Waals surface area contributed by atoms with Crippen LogP contribution in [0.15, 0.2) is 23.7 Å². The van der Waals surface area contributed by atoms with Crippen molar-refractivity contribution in [3.05, 3.63) is 23.7 Å². The molecule has 1 fully saturated rings. The standard InChI is InChI=1S/C10H12O3/c1-7-8(11)6-12-9-4-2-3-5-10(9)13-7/h4-5,7H,2-3,6H2,1H3. The monoisotopic (exact) mass is 180 g/mol. The number of carbonyl (C=O) groups is 1. The Morgan fingerprint density at radius 2 is 2.00 bits per heavy atom. The predicted octanol–water partition coefficient (Wildman–Crippen LogP) is 1.55. The van der Waals surface area contributed by atoms with E-state index in [1.807, 2.05) is 12.2 Å². The van der Waals surface area contributed by atoms with Gasteiger partial charge in [-0.2, -0.15) is 0 Å². The molecule has 0 amide bonds. The summed E-state index contributed by atoms with van der Waals surface area (Å²) in [6.07, 6.45) is 5.49. The van der Waals surface area contributed by atoms with Crippen molar-refractivity contribution in [3.63, 3.8) is 0 Å². The normalized spacial score (nSPS) is 27.5. The Bertz CT molecular complexity index is 289. The number of hydrogen-bond donors (Lipinski definition) is 0. The van der Waals surface area contributed by atoms with Gasteiger partial charge in [-0.15, -0.1) is 0 Å². The van der Waals surface area contributed by atoms with Crippen LogP contribution >= 0.6 is 0 Å². The second kappa shape index (κ2) is 3.24. The molecule has 0 N–H and O–H groups in total. The average Bonchev–Trinajstić information content (AvgIpc) is 2.28. The number of allylic oxidation sites excluding steroid dienone is 2. The first-order valence-electron chi connectivity index (χ1n) is 4.50. The molecule has 13 heavy (non-hydrogen) atoms. The molecule has 0 aromatic carbocycles. The summed E-state index contributed by atoms with van der Waals surface area (Å²) in [4.78, 5) is 11.3. The van der Waals surface area contributed by atoms with Gasteiger partial charge in [-0.1, -0.05) is 0 Å². The molecule has 1 heterocycles. The predicted molar refractivity (Wildman–Crippen MR) is 46.9 cm³/mol. The summed E-state index contributed by atoms with van der Waals surface area (Å²) < 4.78 is 10.8. The second-order valence-corrected chi connectivity index (χ2v) is 3.23. The Balaban J connectivity index is 2.23. The lowest BCUT2D eigenvalue weighted by Crippen LogP contribution is -2.20. The summed E-state index contributed by atoms with van der Waals surface area (Å²) in [5, 5.41) is 0. The molecule has 1 atom stereocenters. The summed E-state index contributed by atoms with van der Waals surface area (Å²) in [5.74, 6) is 1.45. The van der Waals surface area contributed by atoms with Crippen molar-refractivity contribution in [2.24, 2.45) is 0 Å². The Labute approximate surface area is 77.0 Å². The maximum absolute atomic E-state index is 11.3. The quantitative estimate of drug-likeness (QED) is 0.567. The molecule has 0 radical (unpaired) electrons. The largest absolute Gasteiger partial charge is 0.482 e. The molecular formula is C10H12O3. The van der Waals surface area contributed by atoms with Crippen LogP contribution in [0.5, 0.6) is 0 Å². The first-order chi connectivity index (χ1) is 6.27. The number of hydrogen-bond acceptors (Lipinski definition) is 3. The van der Waals surface area contributed by atoms with E-state index in [2.05, 4.69) is 0 Å². The Kier molecular flexibility index (Phi) is 2.08. The van der Waals surface area contributed by atoms with Gasteiger partial charge in [0.1, 0.15) is 0 Å². The van der Waals surface area contributed by atoms with Crippen molar-refractivity contribution in [2.45, 2.75) is 25.9 Å². The zero-order valence-electron chi connectivity index (χ0n) is 7.58. The summed E-state index contributed by atoms with van der Waals surface area (Å²) >= 11 is 0. The molecule has 1 saturated heterocycles. The molecule has 1 aliphatic heterocycles. The smallest absolute Gasteiger partial charge is 0.210 e. The van der Waals surface area contributed by atoms with Gasteiger partial charge in [0.05, 0.1) is 0 Å². The van der Waals surface area contributed by atoms with E-state index in [1.54, 1.807) is 6.92 Å². The highest BCUT2D eigenvalue weighted by molar-refractivity contribution is 5.84. The van der Waals surface area contributed by atoms with E-state index >= 15 is 0 Å². The van der Waals surface area contributed by atoms with Crippen molar-refractivity contribution in [2.75, 3.05) is 6.61 Å². The van der Waals surface area contributed by atoms with Crippen LogP contribution in [0.4, 0.5) is 0 Å². The van der Waals surface area contributed by atoms with Crippen molar-refractivity contribution >= 4 is 5.78 Å². The lowest BCUT2D eigenvalue weighted by molar-refractivity contribution is -0.128. The molecule has 0 aromatic rings. The van der Waals surface area contributed by atoms with Crippen molar-refractivity contribution in [3.8, 4) is 0 Å². The fourth-order valence-corrected chi connectivity index (χ4v) is 1.39. The van der Waals surface area contributed by atoms with Crippen molar-refractivity contribution in [1.29, 1.82) is 0 Å². The van der Waals surface area contributed by atoms with Crippen LogP contribution in [0.3, 0.4) is 0 Å². The summed E-state index contributed by atoms with van der Waals surface area (Å²) in [6.45, 7) is 1.88. The van der Waals surface area contributed by atoms with Gasteiger partial charge in [0.25, 0.3) is 0 Å². The number of ketones is 1. The number of rotatable bonds is 0. The number of ether oxygens (including phenoxy) is 2. The summed E-state index contributed by atoms with van der Waals surface area (Å²) in [7, 11) is 0. The average molecular weight is 180 g/mol. The molecule has 2 rings (SSSR count). The molecule has 1 unspecified atom stereocenters. The van der Waals surface area contributed by atoms with Crippen molar-refractivity contribution in [1.82, 2.24) is 0 Å². The van der Waals surface area contributed by atoms with Gasteiger partial charge >= 0.3 is 0 Å². The van der Waals surface area contributed by atoms with Gasteiger partial charge < -0.3 is 9.47 Å².